The Hall–Kier alpha value is -1.80. The third-order valence-corrected chi connectivity index (χ3v) is 2.99. The summed E-state index contributed by atoms with van der Waals surface area (Å²) in [6.45, 7) is -0.246. The van der Waals surface area contributed by atoms with Crippen LogP contribution in [0.1, 0.15) is 0 Å². The zero-order chi connectivity index (χ0) is 11.7. The van der Waals surface area contributed by atoms with Crippen molar-refractivity contribution in [2.45, 2.75) is 0 Å². The molecule has 1 aromatic carbocycles. The highest BCUT2D eigenvalue weighted by Crippen LogP contribution is 2.23. The Morgan fingerprint density at radius 1 is 1.38 bits per heavy atom. The molecule has 8 heteroatoms. The molecule has 1 aliphatic rings. The molecule has 1 heterocycles. The van der Waals surface area contributed by atoms with Gasteiger partial charge in [0.15, 0.2) is 0 Å². The van der Waals surface area contributed by atoms with Crippen LogP contribution in [-0.2, 0) is 20.2 Å². The topological polar surface area (TPSA) is 89.8 Å². The summed E-state index contributed by atoms with van der Waals surface area (Å²) in [5, 5.41) is 10.4. The molecule has 0 spiro atoms. The second kappa shape index (κ2) is 3.99. The molecule has 2 rings (SSSR count). The van der Waals surface area contributed by atoms with Gasteiger partial charge in [0.05, 0.1) is 10.6 Å². The van der Waals surface area contributed by atoms with E-state index in [-0.39, 0.29) is 12.3 Å². The molecule has 0 aromatic heterocycles. The SMILES string of the molecule is O=C1COS(=O)N1c1ccc([N+](=O)[O-])cc1. The van der Waals surface area contributed by atoms with Crippen molar-refractivity contribution in [2.75, 3.05) is 10.9 Å². The maximum atomic E-state index is 11.3. The first-order valence-electron chi connectivity index (χ1n) is 4.22. The summed E-state index contributed by atoms with van der Waals surface area (Å²) in [7, 11) is 0. The average Bonchev–Trinajstić information content (AvgIpc) is 2.59. The fraction of sp³-hybridized carbons (Fsp3) is 0.125. The van der Waals surface area contributed by atoms with Gasteiger partial charge < -0.3 is 0 Å². The quantitative estimate of drug-likeness (QED) is 0.557. The summed E-state index contributed by atoms with van der Waals surface area (Å²) in [6, 6.07) is 5.17. The van der Waals surface area contributed by atoms with Crippen molar-refractivity contribution < 1.29 is 18.1 Å². The molecular formula is C8H6N2O5S. The van der Waals surface area contributed by atoms with Crippen molar-refractivity contribution >= 4 is 28.5 Å². The summed E-state index contributed by atoms with van der Waals surface area (Å²) < 4.78 is 16.8. The Bertz CT molecular complexity index is 456. The summed E-state index contributed by atoms with van der Waals surface area (Å²) in [6.07, 6.45) is 0. The number of carbonyl (C=O) groups excluding carboxylic acids is 1. The smallest absolute Gasteiger partial charge is 0.271 e. The van der Waals surface area contributed by atoms with E-state index in [2.05, 4.69) is 4.18 Å². The molecular weight excluding hydrogens is 236 g/mol. The van der Waals surface area contributed by atoms with E-state index in [1.807, 2.05) is 0 Å². The molecule has 0 saturated carbocycles. The van der Waals surface area contributed by atoms with Crippen LogP contribution in [-0.4, -0.2) is 21.6 Å². The first-order chi connectivity index (χ1) is 7.59. The number of anilines is 1. The van der Waals surface area contributed by atoms with E-state index in [4.69, 9.17) is 0 Å². The van der Waals surface area contributed by atoms with Gasteiger partial charge in [0.2, 0.25) is 0 Å². The van der Waals surface area contributed by atoms with E-state index in [0.717, 1.165) is 4.31 Å². The van der Waals surface area contributed by atoms with E-state index in [1.54, 1.807) is 0 Å². The van der Waals surface area contributed by atoms with Crippen LogP contribution in [0.15, 0.2) is 24.3 Å². The second-order valence-corrected chi connectivity index (χ2v) is 3.98. The Morgan fingerprint density at radius 3 is 2.44 bits per heavy atom. The van der Waals surface area contributed by atoms with Gasteiger partial charge >= 0.3 is 0 Å². The molecule has 0 bridgehead atoms. The van der Waals surface area contributed by atoms with E-state index in [9.17, 15) is 19.1 Å². The molecule has 1 unspecified atom stereocenters. The summed E-state index contributed by atoms with van der Waals surface area (Å²) in [5.41, 5.74) is 0.216. The van der Waals surface area contributed by atoms with Crippen molar-refractivity contribution in [3.05, 3.63) is 34.4 Å². The lowest BCUT2D eigenvalue weighted by Crippen LogP contribution is -2.25. The van der Waals surface area contributed by atoms with Crippen molar-refractivity contribution in [2.24, 2.45) is 0 Å². The van der Waals surface area contributed by atoms with Gasteiger partial charge in [-0.05, 0) is 12.1 Å². The zero-order valence-corrected chi connectivity index (χ0v) is 8.68. The van der Waals surface area contributed by atoms with E-state index in [1.165, 1.54) is 24.3 Å². The first kappa shape index (κ1) is 10.7. The lowest BCUT2D eigenvalue weighted by Gasteiger charge is -2.10. The van der Waals surface area contributed by atoms with Crippen molar-refractivity contribution in [1.82, 2.24) is 0 Å². The minimum Gasteiger partial charge on any atom is -0.271 e. The Morgan fingerprint density at radius 2 is 2.00 bits per heavy atom. The van der Waals surface area contributed by atoms with Crippen LogP contribution < -0.4 is 4.31 Å². The predicted molar refractivity (Wildman–Crippen MR) is 54.7 cm³/mol. The van der Waals surface area contributed by atoms with Crippen molar-refractivity contribution in [3.63, 3.8) is 0 Å². The van der Waals surface area contributed by atoms with Crippen molar-refractivity contribution in [3.8, 4) is 0 Å². The minimum absolute atomic E-state index is 0.0953. The van der Waals surface area contributed by atoms with Gasteiger partial charge in [-0.1, -0.05) is 0 Å². The number of nitro benzene ring substituents is 1. The van der Waals surface area contributed by atoms with Crippen LogP contribution in [0.4, 0.5) is 11.4 Å². The van der Waals surface area contributed by atoms with Crippen LogP contribution in [0.3, 0.4) is 0 Å². The number of nitro groups is 1. The number of benzene rings is 1. The fourth-order valence-electron chi connectivity index (χ4n) is 1.24. The maximum Gasteiger partial charge on any atom is 0.272 e. The Kier molecular flexibility index (Phi) is 2.67. The number of amides is 1. The third kappa shape index (κ3) is 1.79. The highest BCUT2D eigenvalue weighted by atomic mass is 32.2. The third-order valence-electron chi connectivity index (χ3n) is 1.95. The lowest BCUT2D eigenvalue weighted by atomic mass is 10.3. The van der Waals surface area contributed by atoms with Gasteiger partial charge in [-0.3, -0.25) is 19.1 Å². The summed E-state index contributed by atoms with van der Waals surface area (Å²) in [5.74, 6) is -0.438. The van der Waals surface area contributed by atoms with Crippen LogP contribution in [0.2, 0.25) is 0 Å². The van der Waals surface area contributed by atoms with Crippen LogP contribution in [0.25, 0.3) is 0 Å². The van der Waals surface area contributed by atoms with Gasteiger partial charge in [0, 0.05) is 12.1 Å². The highest BCUT2D eigenvalue weighted by Gasteiger charge is 2.31. The summed E-state index contributed by atoms with van der Waals surface area (Å²) >= 11 is -1.85. The molecule has 1 fully saturated rings. The minimum atomic E-state index is -1.85. The molecule has 1 saturated heterocycles. The normalized spacial score (nSPS) is 20.1. The number of hydrogen-bond donors (Lipinski definition) is 0. The van der Waals surface area contributed by atoms with E-state index >= 15 is 0 Å². The number of hydrogen-bond acceptors (Lipinski definition) is 5. The number of carbonyl (C=O) groups is 1. The van der Waals surface area contributed by atoms with Gasteiger partial charge in [-0.25, -0.2) is 8.51 Å². The number of nitrogens with zero attached hydrogens (tertiary/aromatic N) is 2. The molecule has 0 radical (unpaired) electrons. The van der Waals surface area contributed by atoms with Crippen LogP contribution in [0, 0.1) is 10.1 Å². The molecule has 0 aliphatic carbocycles. The van der Waals surface area contributed by atoms with Gasteiger partial charge in [0.1, 0.15) is 6.61 Å². The number of non-ortho nitro benzene ring substituents is 1. The predicted octanol–water partition coefficient (Wildman–Crippen LogP) is 0.537. The fourth-order valence-corrected chi connectivity index (χ4v) is 2.05. The highest BCUT2D eigenvalue weighted by molar-refractivity contribution is 7.83. The Balaban J connectivity index is 2.31. The average molecular weight is 242 g/mol. The lowest BCUT2D eigenvalue weighted by molar-refractivity contribution is -0.384. The van der Waals surface area contributed by atoms with Gasteiger partial charge in [-0.15, -0.1) is 0 Å². The van der Waals surface area contributed by atoms with Gasteiger partial charge in [-0.2, -0.15) is 0 Å². The second-order valence-electron chi connectivity index (χ2n) is 2.94. The largest absolute Gasteiger partial charge is 0.272 e. The molecule has 16 heavy (non-hydrogen) atoms. The maximum absolute atomic E-state index is 11.3. The Labute approximate surface area is 92.6 Å². The van der Waals surface area contributed by atoms with Gasteiger partial charge in [0.25, 0.3) is 22.9 Å². The van der Waals surface area contributed by atoms with Crippen molar-refractivity contribution in [1.29, 1.82) is 0 Å². The monoisotopic (exact) mass is 242 g/mol. The molecule has 1 aliphatic heterocycles. The van der Waals surface area contributed by atoms with Crippen LogP contribution >= 0.6 is 0 Å². The first-order valence-corrected chi connectivity index (χ1v) is 5.25. The zero-order valence-electron chi connectivity index (χ0n) is 7.86. The van der Waals surface area contributed by atoms with E-state index in [0.29, 0.717) is 5.69 Å². The molecule has 1 atom stereocenters. The molecule has 7 nitrogen and oxygen atoms in total. The van der Waals surface area contributed by atoms with E-state index < -0.39 is 22.1 Å². The van der Waals surface area contributed by atoms with Crippen LogP contribution in [0.5, 0.6) is 0 Å². The molecule has 0 N–H and O–H groups in total. The summed E-state index contributed by atoms with van der Waals surface area (Å²) in [4.78, 5) is 21.1. The molecule has 1 amide bonds. The number of rotatable bonds is 2. The molecule has 84 valence electrons. The standard InChI is InChI=1S/C8H6N2O5S/c11-8-5-15-16(14)9(8)6-1-3-7(4-2-6)10(12)13/h1-4H,5H2. The molecule has 1 aromatic rings.